The van der Waals surface area contributed by atoms with Crippen molar-refractivity contribution in [3.8, 4) is 5.75 Å². The molecule has 6 rings (SSSR count). The molecule has 0 aliphatic carbocycles. The van der Waals surface area contributed by atoms with Gasteiger partial charge in [0, 0.05) is 24.2 Å². The molecule has 3 aliphatic rings. The average Bonchev–Trinajstić information content (AvgIpc) is 2.91. The predicted molar refractivity (Wildman–Crippen MR) is 143 cm³/mol. The van der Waals surface area contributed by atoms with Crippen LogP contribution in [-0.2, 0) is 10.0 Å². The maximum absolute atomic E-state index is 13.2. The molecule has 194 valence electrons. The Morgan fingerprint density at radius 1 is 1.22 bits per heavy atom. The van der Waals surface area contributed by atoms with Crippen LogP contribution >= 0.6 is 0 Å². The molecule has 0 spiro atoms. The van der Waals surface area contributed by atoms with Crippen molar-refractivity contribution in [2.24, 2.45) is 11.8 Å². The Kier molecular flexibility index (Phi) is 6.92. The highest BCUT2D eigenvalue weighted by atomic mass is 32.2. The molecule has 37 heavy (non-hydrogen) atoms. The predicted octanol–water partition coefficient (Wildman–Crippen LogP) is 4.18. The summed E-state index contributed by atoms with van der Waals surface area (Å²) in [4.78, 5) is 20.2. The van der Waals surface area contributed by atoms with Crippen molar-refractivity contribution in [2.75, 3.05) is 20.2 Å². The van der Waals surface area contributed by atoms with Crippen LogP contribution in [0.15, 0.2) is 72.3 Å². The molecular formula is C28H32N4O4S. The Labute approximate surface area is 217 Å². The van der Waals surface area contributed by atoms with E-state index in [2.05, 4.69) is 26.5 Å². The fraction of sp³-hybridized carbons (Fsp3) is 0.357. The van der Waals surface area contributed by atoms with Gasteiger partial charge in [-0.25, -0.2) is 17.9 Å². The van der Waals surface area contributed by atoms with Crippen molar-refractivity contribution in [3.05, 3.63) is 78.5 Å². The van der Waals surface area contributed by atoms with Crippen molar-refractivity contribution in [1.82, 2.24) is 19.9 Å². The van der Waals surface area contributed by atoms with Gasteiger partial charge in [0.1, 0.15) is 5.75 Å². The molecule has 0 radical (unpaired) electrons. The van der Waals surface area contributed by atoms with Gasteiger partial charge in [0.15, 0.2) is 0 Å². The molecule has 2 bridgehead atoms. The quantitative estimate of drug-likeness (QED) is 0.454. The summed E-state index contributed by atoms with van der Waals surface area (Å²) in [5.41, 5.74) is 2.58. The van der Waals surface area contributed by atoms with E-state index in [0.29, 0.717) is 17.6 Å². The first kappa shape index (κ1) is 25.2. The second-order valence-electron chi connectivity index (χ2n) is 9.90. The maximum Gasteiger partial charge on any atom is 0.329 e. The third kappa shape index (κ3) is 5.06. The number of amides is 2. The van der Waals surface area contributed by atoms with E-state index in [1.54, 1.807) is 25.4 Å². The maximum atomic E-state index is 13.2. The van der Waals surface area contributed by atoms with E-state index in [1.165, 1.54) is 12.1 Å². The van der Waals surface area contributed by atoms with Crippen LogP contribution < -0.4 is 14.8 Å². The number of aryl methyl sites for hydroxylation is 1. The molecule has 1 unspecified atom stereocenters. The Morgan fingerprint density at radius 3 is 2.68 bits per heavy atom. The normalized spacial score (nSPS) is 23.8. The summed E-state index contributed by atoms with van der Waals surface area (Å²) in [6.07, 6.45) is 5.71. The number of fused-ring (bicyclic) bond motifs is 4. The molecule has 2 aromatic carbocycles. The van der Waals surface area contributed by atoms with Crippen LogP contribution in [-0.4, -0.2) is 50.6 Å². The highest BCUT2D eigenvalue weighted by Crippen LogP contribution is 2.42. The van der Waals surface area contributed by atoms with E-state index in [9.17, 15) is 13.2 Å². The topological polar surface area (TPSA) is 101 Å². The minimum Gasteiger partial charge on any atom is -0.497 e. The summed E-state index contributed by atoms with van der Waals surface area (Å²) in [6, 6.07) is 12.7. The highest BCUT2D eigenvalue weighted by molar-refractivity contribution is 7.90. The number of piperidine rings is 3. The zero-order valence-electron chi connectivity index (χ0n) is 21.1. The van der Waals surface area contributed by atoms with Gasteiger partial charge in [0.2, 0.25) is 0 Å². The van der Waals surface area contributed by atoms with Gasteiger partial charge < -0.3 is 10.1 Å². The van der Waals surface area contributed by atoms with Gasteiger partial charge in [-0.3, -0.25) is 9.88 Å². The number of nitrogens with one attached hydrogen (secondary N) is 2. The van der Waals surface area contributed by atoms with Gasteiger partial charge in [-0.15, -0.1) is 6.58 Å². The molecule has 0 saturated carbocycles. The molecule has 2 amide bonds. The van der Waals surface area contributed by atoms with Crippen molar-refractivity contribution < 1.29 is 17.9 Å². The van der Waals surface area contributed by atoms with Gasteiger partial charge in [-0.05, 0) is 80.1 Å². The van der Waals surface area contributed by atoms with Crippen LogP contribution in [0.1, 0.15) is 30.0 Å². The smallest absolute Gasteiger partial charge is 0.329 e. The van der Waals surface area contributed by atoms with E-state index in [-0.39, 0.29) is 10.9 Å². The van der Waals surface area contributed by atoms with Crippen LogP contribution in [0.3, 0.4) is 0 Å². The minimum absolute atomic E-state index is 0.000389. The lowest BCUT2D eigenvalue weighted by Crippen LogP contribution is -2.58. The molecule has 2 N–H and O–H groups in total. The number of methoxy groups -OCH3 is 1. The standard InChI is InChI=1S/C28H32N4O4S/c1-4-19-17-32-14-12-20(19)15-26(32)27(23-11-13-29-25-10-7-21(36-3)16-24(23)25)30-28(33)31-37(34,35)22-8-5-18(2)6-9-22/h4-11,13,16,19-20,26-27H,1,12,14-15,17H2,2-3H3,(H2,30,31,33)/t19-,20-,26-,27-/m0/s1. The highest BCUT2D eigenvalue weighted by Gasteiger charge is 2.43. The molecule has 3 saturated heterocycles. The van der Waals surface area contributed by atoms with E-state index in [4.69, 9.17) is 4.74 Å². The van der Waals surface area contributed by atoms with E-state index >= 15 is 0 Å². The Bertz CT molecular complexity index is 1420. The first-order valence-corrected chi connectivity index (χ1v) is 14.0. The summed E-state index contributed by atoms with van der Waals surface area (Å²) in [5.74, 6) is 1.57. The van der Waals surface area contributed by atoms with Crippen molar-refractivity contribution in [1.29, 1.82) is 0 Å². The van der Waals surface area contributed by atoms with E-state index in [1.807, 2.05) is 37.3 Å². The molecule has 9 heteroatoms. The zero-order valence-corrected chi connectivity index (χ0v) is 21.9. The number of carbonyl (C=O) groups excluding carboxylic acids is 1. The van der Waals surface area contributed by atoms with Crippen LogP contribution in [0.5, 0.6) is 5.75 Å². The Morgan fingerprint density at radius 2 is 2.00 bits per heavy atom. The first-order chi connectivity index (χ1) is 17.8. The second kappa shape index (κ2) is 10.1. The summed E-state index contributed by atoms with van der Waals surface area (Å²) in [7, 11) is -2.42. The number of hydrogen-bond donors (Lipinski definition) is 2. The van der Waals surface area contributed by atoms with Crippen molar-refractivity contribution >= 4 is 27.0 Å². The van der Waals surface area contributed by atoms with Gasteiger partial charge in [-0.2, -0.15) is 0 Å². The minimum atomic E-state index is -4.03. The number of aromatic nitrogens is 1. The monoisotopic (exact) mass is 520 g/mol. The number of hydrogen-bond acceptors (Lipinski definition) is 6. The number of pyridine rings is 1. The van der Waals surface area contributed by atoms with Gasteiger partial charge in [-0.1, -0.05) is 23.8 Å². The lowest BCUT2D eigenvalue weighted by molar-refractivity contribution is 0.00323. The SMILES string of the molecule is C=C[C@H]1CN2CC[C@H]1C[C@H]2[C@@H](NC(=O)NS(=O)(=O)c1ccc(C)cc1)c1ccnc2ccc(OC)cc12. The second-order valence-corrected chi connectivity index (χ2v) is 11.6. The van der Waals surface area contributed by atoms with Crippen LogP contribution in [0.2, 0.25) is 0 Å². The number of urea groups is 1. The van der Waals surface area contributed by atoms with Gasteiger partial charge in [0.25, 0.3) is 10.0 Å². The Hall–Kier alpha value is -3.43. The first-order valence-electron chi connectivity index (χ1n) is 12.5. The molecular weight excluding hydrogens is 488 g/mol. The summed E-state index contributed by atoms with van der Waals surface area (Å²) in [6.45, 7) is 7.68. The molecule has 3 aliphatic heterocycles. The third-order valence-electron chi connectivity index (χ3n) is 7.70. The van der Waals surface area contributed by atoms with Crippen molar-refractivity contribution in [2.45, 2.75) is 36.7 Å². The molecule has 5 atom stereocenters. The number of carbonyl (C=O) groups is 1. The fourth-order valence-electron chi connectivity index (χ4n) is 5.72. The fourth-order valence-corrected chi connectivity index (χ4v) is 6.63. The Balaban J connectivity index is 1.50. The number of benzene rings is 2. The zero-order chi connectivity index (χ0) is 26.2. The van der Waals surface area contributed by atoms with Gasteiger partial charge in [0.05, 0.1) is 23.6 Å². The average molecular weight is 521 g/mol. The summed E-state index contributed by atoms with van der Waals surface area (Å²) in [5, 5.41) is 3.88. The van der Waals surface area contributed by atoms with Crippen molar-refractivity contribution in [3.63, 3.8) is 0 Å². The largest absolute Gasteiger partial charge is 0.497 e. The molecule has 3 aromatic rings. The number of nitrogens with zero attached hydrogens (tertiary/aromatic N) is 2. The van der Waals surface area contributed by atoms with E-state index < -0.39 is 22.1 Å². The molecule has 1 aromatic heterocycles. The van der Waals surface area contributed by atoms with Crippen LogP contribution in [0.4, 0.5) is 4.79 Å². The van der Waals surface area contributed by atoms with E-state index in [0.717, 1.165) is 48.0 Å². The lowest BCUT2D eigenvalue weighted by Gasteiger charge is -2.51. The lowest BCUT2D eigenvalue weighted by atomic mass is 9.73. The summed E-state index contributed by atoms with van der Waals surface area (Å²) >= 11 is 0. The number of sulfonamides is 1. The molecule has 3 fully saturated rings. The number of ether oxygens (including phenoxy) is 1. The number of rotatable bonds is 7. The van der Waals surface area contributed by atoms with Crippen LogP contribution in [0.25, 0.3) is 10.9 Å². The molecule has 8 nitrogen and oxygen atoms in total. The van der Waals surface area contributed by atoms with Crippen LogP contribution in [0, 0.1) is 18.8 Å². The van der Waals surface area contributed by atoms with Gasteiger partial charge >= 0.3 is 6.03 Å². The molecule has 4 heterocycles. The summed E-state index contributed by atoms with van der Waals surface area (Å²) < 4.78 is 33.5. The third-order valence-corrected chi connectivity index (χ3v) is 9.05.